The molecular formula is C15H22FN3O. The minimum absolute atomic E-state index is 0.00283. The monoisotopic (exact) mass is 279 g/mol. The van der Waals surface area contributed by atoms with Gasteiger partial charge in [-0.1, -0.05) is 12.1 Å². The summed E-state index contributed by atoms with van der Waals surface area (Å²) >= 11 is 0. The van der Waals surface area contributed by atoms with E-state index >= 15 is 0 Å². The molecule has 1 amide bonds. The van der Waals surface area contributed by atoms with Gasteiger partial charge in [-0.05, 0) is 31.5 Å². The van der Waals surface area contributed by atoms with Gasteiger partial charge in [-0.3, -0.25) is 9.69 Å². The van der Waals surface area contributed by atoms with E-state index in [2.05, 4.69) is 11.8 Å². The fraction of sp³-hybridized carbons (Fsp3) is 0.533. The highest BCUT2D eigenvalue weighted by Crippen LogP contribution is 2.22. The lowest BCUT2D eigenvalue weighted by atomic mass is 10.1. The second-order valence-corrected chi connectivity index (χ2v) is 5.38. The Morgan fingerprint density at radius 3 is 2.45 bits per heavy atom. The number of hydrogen-bond donors (Lipinski definition) is 1. The van der Waals surface area contributed by atoms with Crippen LogP contribution in [0.15, 0.2) is 24.3 Å². The van der Waals surface area contributed by atoms with Gasteiger partial charge in [0.25, 0.3) is 0 Å². The fourth-order valence-electron chi connectivity index (χ4n) is 2.59. The van der Waals surface area contributed by atoms with E-state index in [1.54, 1.807) is 24.0 Å². The molecule has 110 valence electrons. The zero-order valence-electron chi connectivity index (χ0n) is 12.1. The molecule has 1 fully saturated rings. The van der Waals surface area contributed by atoms with Crippen LogP contribution in [0.4, 0.5) is 4.39 Å². The van der Waals surface area contributed by atoms with Crippen molar-refractivity contribution in [2.75, 3.05) is 26.2 Å². The third-order valence-electron chi connectivity index (χ3n) is 3.89. The number of carbonyl (C=O) groups excluding carboxylic acids is 1. The number of halogens is 1. The van der Waals surface area contributed by atoms with Gasteiger partial charge in [0.15, 0.2) is 0 Å². The van der Waals surface area contributed by atoms with Crippen LogP contribution in [0, 0.1) is 5.82 Å². The summed E-state index contributed by atoms with van der Waals surface area (Å²) in [5, 5.41) is 0. The molecule has 20 heavy (non-hydrogen) atoms. The van der Waals surface area contributed by atoms with E-state index in [9.17, 15) is 9.18 Å². The number of carbonyl (C=O) groups is 1. The summed E-state index contributed by atoms with van der Waals surface area (Å²) in [5.74, 6) is -0.205. The number of amides is 1. The quantitative estimate of drug-likeness (QED) is 0.909. The van der Waals surface area contributed by atoms with E-state index < -0.39 is 6.04 Å². The lowest BCUT2D eigenvalue weighted by Gasteiger charge is -2.38. The summed E-state index contributed by atoms with van der Waals surface area (Å²) in [7, 11) is 0. The Hall–Kier alpha value is -1.46. The largest absolute Gasteiger partial charge is 0.339 e. The van der Waals surface area contributed by atoms with Gasteiger partial charge in [-0.2, -0.15) is 0 Å². The number of nitrogens with zero attached hydrogens (tertiary/aromatic N) is 2. The van der Waals surface area contributed by atoms with Crippen molar-refractivity contribution in [3.05, 3.63) is 35.6 Å². The van der Waals surface area contributed by atoms with Crippen molar-refractivity contribution in [2.45, 2.75) is 25.9 Å². The molecule has 1 aliphatic heterocycles. The van der Waals surface area contributed by atoms with Crippen molar-refractivity contribution in [1.29, 1.82) is 0 Å². The summed E-state index contributed by atoms with van der Waals surface area (Å²) in [5.41, 5.74) is 6.59. The Bertz CT molecular complexity index is 470. The van der Waals surface area contributed by atoms with Gasteiger partial charge in [0.05, 0.1) is 6.04 Å². The molecule has 0 bridgehead atoms. The summed E-state index contributed by atoms with van der Waals surface area (Å²) in [4.78, 5) is 15.9. The van der Waals surface area contributed by atoms with E-state index in [1.807, 2.05) is 6.07 Å². The van der Waals surface area contributed by atoms with Crippen LogP contribution in [-0.4, -0.2) is 47.9 Å². The third-order valence-corrected chi connectivity index (χ3v) is 3.89. The van der Waals surface area contributed by atoms with Gasteiger partial charge < -0.3 is 10.6 Å². The van der Waals surface area contributed by atoms with Crippen LogP contribution in [0.1, 0.15) is 25.5 Å². The molecule has 0 spiro atoms. The Labute approximate surface area is 119 Å². The summed E-state index contributed by atoms with van der Waals surface area (Å²) in [6.45, 7) is 6.72. The molecule has 1 heterocycles. The zero-order chi connectivity index (χ0) is 14.7. The van der Waals surface area contributed by atoms with E-state index in [4.69, 9.17) is 5.73 Å². The second kappa shape index (κ2) is 6.33. The molecule has 1 saturated heterocycles. The van der Waals surface area contributed by atoms with Crippen LogP contribution in [0.2, 0.25) is 0 Å². The molecule has 2 rings (SSSR count). The molecule has 0 aromatic heterocycles. The molecule has 1 unspecified atom stereocenters. The lowest BCUT2D eigenvalue weighted by molar-refractivity contribution is -0.134. The van der Waals surface area contributed by atoms with Crippen LogP contribution >= 0.6 is 0 Å². The molecule has 1 aromatic rings. The van der Waals surface area contributed by atoms with E-state index in [1.165, 1.54) is 6.07 Å². The Balaban J connectivity index is 1.95. The van der Waals surface area contributed by atoms with Crippen molar-refractivity contribution in [2.24, 2.45) is 5.73 Å². The maximum atomic E-state index is 13.3. The first-order chi connectivity index (χ1) is 9.49. The Morgan fingerprint density at radius 1 is 1.25 bits per heavy atom. The fourth-order valence-corrected chi connectivity index (χ4v) is 2.59. The van der Waals surface area contributed by atoms with Gasteiger partial charge in [0, 0.05) is 32.2 Å². The van der Waals surface area contributed by atoms with Crippen LogP contribution in [-0.2, 0) is 4.79 Å². The lowest BCUT2D eigenvalue weighted by Crippen LogP contribution is -2.52. The topological polar surface area (TPSA) is 49.6 Å². The molecule has 5 heteroatoms. The molecule has 2 N–H and O–H groups in total. The molecule has 0 aliphatic carbocycles. The van der Waals surface area contributed by atoms with Crippen molar-refractivity contribution >= 4 is 5.91 Å². The summed E-state index contributed by atoms with van der Waals surface area (Å²) in [6.07, 6.45) is 0. The highest BCUT2D eigenvalue weighted by molar-refractivity contribution is 5.81. The summed E-state index contributed by atoms with van der Waals surface area (Å²) < 4.78 is 13.3. The number of rotatable bonds is 3. The first-order valence-corrected chi connectivity index (χ1v) is 7.03. The molecule has 0 saturated carbocycles. The average molecular weight is 279 g/mol. The minimum Gasteiger partial charge on any atom is -0.339 e. The van der Waals surface area contributed by atoms with Crippen molar-refractivity contribution in [3.8, 4) is 0 Å². The third kappa shape index (κ3) is 3.35. The molecule has 2 atom stereocenters. The van der Waals surface area contributed by atoms with E-state index in [-0.39, 0.29) is 17.8 Å². The predicted octanol–water partition coefficient (Wildman–Crippen LogP) is 1.38. The minimum atomic E-state index is -0.442. The zero-order valence-corrected chi connectivity index (χ0v) is 12.1. The van der Waals surface area contributed by atoms with Crippen LogP contribution < -0.4 is 5.73 Å². The van der Waals surface area contributed by atoms with Crippen molar-refractivity contribution in [1.82, 2.24) is 9.80 Å². The SMILES string of the molecule is CC(c1cccc(F)c1)N1CCN(C(=O)[C@@H](C)N)CC1. The maximum Gasteiger partial charge on any atom is 0.239 e. The highest BCUT2D eigenvalue weighted by atomic mass is 19.1. The average Bonchev–Trinajstić information content (AvgIpc) is 2.46. The molecule has 4 nitrogen and oxygen atoms in total. The normalized spacial score (nSPS) is 19.7. The number of piperazine rings is 1. The van der Waals surface area contributed by atoms with Crippen LogP contribution in [0.25, 0.3) is 0 Å². The molecule has 1 aliphatic rings. The van der Waals surface area contributed by atoms with Crippen LogP contribution in [0.3, 0.4) is 0 Å². The van der Waals surface area contributed by atoms with Gasteiger partial charge in [-0.25, -0.2) is 4.39 Å². The Kier molecular flexibility index (Phi) is 4.73. The summed E-state index contributed by atoms with van der Waals surface area (Å²) in [6, 6.07) is 6.41. The van der Waals surface area contributed by atoms with Crippen molar-refractivity contribution < 1.29 is 9.18 Å². The molecule has 1 aromatic carbocycles. The van der Waals surface area contributed by atoms with Gasteiger partial charge in [-0.15, -0.1) is 0 Å². The van der Waals surface area contributed by atoms with Crippen LogP contribution in [0.5, 0.6) is 0 Å². The second-order valence-electron chi connectivity index (χ2n) is 5.38. The molecule has 0 radical (unpaired) electrons. The first kappa shape index (κ1) is 14.9. The first-order valence-electron chi connectivity index (χ1n) is 7.03. The molecular weight excluding hydrogens is 257 g/mol. The highest BCUT2D eigenvalue weighted by Gasteiger charge is 2.26. The van der Waals surface area contributed by atoms with E-state index in [0.29, 0.717) is 13.1 Å². The standard InChI is InChI=1S/C15H22FN3O/c1-11(17)15(20)19-8-6-18(7-9-19)12(2)13-4-3-5-14(16)10-13/h3-5,10-12H,6-9,17H2,1-2H3/t11-,12?/m1/s1. The number of nitrogens with two attached hydrogens (primary N) is 1. The van der Waals surface area contributed by atoms with Gasteiger partial charge in [0.2, 0.25) is 5.91 Å². The number of hydrogen-bond acceptors (Lipinski definition) is 3. The van der Waals surface area contributed by atoms with Gasteiger partial charge >= 0.3 is 0 Å². The maximum absolute atomic E-state index is 13.3. The smallest absolute Gasteiger partial charge is 0.239 e. The van der Waals surface area contributed by atoms with E-state index in [0.717, 1.165) is 18.7 Å². The van der Waals surface area contributed by atoms with Gasteiger partial charge in [0.1, 0.15) is 5.82 Å². The number of benzene rings is 1. The predicted molar refractivity (Wildman–Crippen MR) is 76.6 cm³/mol. The van der Waals surface area contributed by atoms with Crippen molar-refractivity contribution in [3.63, 3.8) is 0 Å². The Morgan fingerprint density at radius 2 is 1.90 bits per heavy atom.